The van der Waals surface area contributed by atoms with Crippen LogP contribution in [0.25, 0.3) is 0 Å². The van der Waals surface area contributed by atoms with Gasteiger partial charge in [0.15, 0.2) is 0 Å². The first-order valence-electron chi connectivity index (χ1n) is 5.84. The average molecular weight is 243 g/mol. The third kappa shape index (κ3) is 3.98. The van der Waals surface area contributed by atoms with Crippen LogP contribution in [0.2, 0.25) is 0 Å². The van der Waals surface area contributed by atoms with Crippen LogP contribution in [0, 0.1) is 0 Å². The summed E-state index contributed by atoms with van der Waals surface area (Å²) in [5.74, 6) is -0.0501. The van der Waals surface area contributed by atoms with Crippen molar-refractivity contribution < 1.29 is 14.3 Å². The van der Waals surface area contributed by atoms with Gasteiger partial charge in [-0.15, -0.1) is 0 Å². The number of ether oxygens (including phenoxy) is 1. The van der Waals surface area contributed by atoms with Crippen LogP contribution in [-0.4, -0.2) is 62.7 Å². The molecule has 0 saturated carbocycles. The summed E-state index contributed by atoms with van der Waals surface area (Å²) in [6, 6.07) is -0.601. The molecule has 1 aliphatic rings. The van der Waals surface area contributed by atoms with Crippen LogP contribution in [0.15, 0.2) is 0 Å². The van der Waals surface area contributed by atoms with Crippen molar-refractivity contribution in [2.24, 2.45) is 0 Å². The van der Waals surface area contributed by atoms with Crippen LogP contribution in [0.4, 0.5) is 0 Å². The minimum absolute atomic E-state index is 0.0570. The first kappa shape index (κ1) is 13.9. The highest BCUT2D eigenvalue weighted by molar-refractivity contribution is 5.86. The van der Waals surface area contributed by atoms with E-state index in [1.165, 1.54) is 0 Å². The van der Waals surface area contributed by atoms with E-state index in [2.05, 4.69) is 10.6 Å². The Labute approximate surface area is 102 Å². The highest BCUT2D eigenvalue weighted by Crippen LogP contribution is 2.09. The summed E-state index contributed by atoms with van der Waals surface area (Å²) in [7, 11) is 3.36. The van der Waals surface area contributed by atoms with E-state index in [-0.39, 0.29) is 23.9 Å². The third-order valence-corrected chi connectivity index (χ3v) is 2.88. The molecule has 0 aromatic heterocycles. The van der Waals surface area contributed by atoms with E-state index in [1.54, 1.807) is 26.0 Å². The van der Waals surface area contributed by atoms with E-state index >= 15 is 0 Å². The van der Waals surface area contributed by atoms with E-state index < -0.39 is 0 Å². The lowest BCUT2D eigenvalue weighted by Gasteiger charge is -2.18. The summed E-state index contributed by atoms with van der Waals surface area (Å²) in [4.78, 5) is 24.9. The van der Waals surface area contributed by atoms with Crippen molar-refractivity contribution in [2.75, 3.05) is 33.9 Å². The summed E-state index contributed by atoms with van der Waals surface area (Å²) in [6.07, 6.45) is 0.755. The summed E-state index contributed by atoms with van der Waals surface area (Å²) in [5.41, 5.74) is 0. The highest BCUT2D eigenvalue weighted by Gasteiger charge is 2.30. The number of nitrogens with zero attached hydrogens (tertiary/aromatic N) is 1. The Balaban J connectivity index is 2.31. The molecule has 2 amide bonds. The second-order valence-corrected chi connectivity index (χ2v) is 4.27. The smallest absolute Gasteiger partial charge is 0.239 e. The quantitative estimate of drug-likeness (QED) is 0.585. The molecule has 1 heterocycles. The molecular weight excluding hydrogens is 222 g/mol. The lowest BCUT2D eigenvalue weighted by molar-refractivity contribution is -0.129. The Hall–Kier alpha value is -1.14. The molecule has 0 aliphatic carbocycles. The number of rotatable bonds is 6. The third-order valence-electron chi connectivity index (χ3n) is 2.88. The first-order chi connectivity index (χ1) is 8.06. The van der Waals surface area contributed by atoms with Crippen molar-refractivity contribution in [1.29, 1.82) is 0 Å². The molecule has 1 aliphatic heterocycles. The largest absolute Gasteiger partial charge is 0.383 e. The molecule has 0 radical (unpaired) electrons. The minimum Gasteiger partial charge on any atom is -0.383 e. The van der Waals surface area contributed by atoms with Gasteiger partial charge in [-0.1, -0.05) is 0 Å². The van der Waals surface area contributed by atoms with Crippen molar-refractivity contribution in [2.45, 2.75) is 25.4 Å². The van der Waals surface area contributed by atoms with Crippen molar-refractivity contribution >= 4 is 11.8 Å². The zero-order valence-electron chi connectivity index (χ0n) is 10.7. The Morgan fingerprint density at radius 2 is 2.35 bits per heavy atom. The summed E-state index contributed by atoms with van der Waals surface area (Å²) in [6.45, 7) is 3.48. The molecule has 0 bridgehead atoms. The molecule has 2 unspecified atom stereocenters. The second kappa shape index (κ2) is 6.56. The number of likely N-dealkylation sites (tertiary alicyclic amines) is 1. The van der Waals surface area contributed by atoms with Gasteiger partial charge in [0, 0.05) is 27.2 Å². The summed E-state index contributed by atoms with van der Waals surface area (Å²) < 4.78 is 4.84. The van der Waals surface area contributed by atoms with Gasteiger partial charge in [0.2, 0.25) is 11.8 Å². The zero-order valence-corrected chi connectivity index (χ0v) is 10.7. The van der Waals surface area contributed by atoms with Gasteiger partial charge in [0.25, 0.3) is 0 Å². The predicted molar refractivity (Wildman–Crippen MR) is 63.5 cm³/mol. The van der Waals surface area contributed by atoms with Crippen LogP contribution < -0.4 is 10.6 Å². The van der Waals surface area contributed by atoms with E-state index in [0.29, 0.717) is 13.2 Å². The maximum absolute atomic E-state index is 11.6. The maximum Gasteiger partial charge on any atom is 0.239 e. The molecular formula is C11H21N3O3. The van der Waals surface area contributed by atoms with Gasteiger partial charge in [0.1, 0.15) is 0 Å². The summed E-state index contributed by atoms with van der Waals surface area (Å²) >= 11 is 0. The Morgan fingerprint density at radius 1 is 1.65 bits per heavy atom. The first-order valence-corrected chi connectivity index (χ1v) is 5.84. The molecule has 1 saturated heterocycles. The molecule has 2 atom stereocenters. The van der Waals surface area contributed by atoms with Gasteiger partial charge in [-0.3, -0.25) is 14.9 Å². The molecule has 2 N–H and O–H groups in total. The lowest BCUT2D eigenvalue weighted by Crippen LogP contribution is -2.49. The molecule has 98 valence electrons. The fraction of sp³-hybridized carbons (Fsp3) is 0.818. The van der Waals surface area contributed by atoms with E-state index in [0.717, 1.165) is 13.0 Å². The molecule has 0 spiro atoms. The van der Waals surface area contributed by atoms with Crippen molar-refractivity contribution in [1.82, 2.24) is 15.5 Å². The summed E-state index contributed by atoms with van der Waals surface area (Å²) in [5, 5.41) is 5.77. The maximum atomic E-state index is 11.6. The number of carbonyl (C=O) groups excluding carboxylic acids is 2. The van der Waals surface area contributed by atoms with Gasteiger partial charge in [-0.25, -0.2) is 0 Å². The van der Waals surface area contributed by atoms with Gasteiger partial charge in [-0.05, 0) is 13.3 Å². The number of amides is 2. The molecule has 1 fully saturated rings. The Morgan fingerprint density at radius 3 is 2.88 bits per heavy atom. The molecule has 17 heavy (non-hydrogen) atoms. The van der Waals surface area contributed by atoms with Gasteiger partial charge < -0.3 is 15.0 Å². The molecule has 6 nitrogen and oxygen atoms in total. The molecule has 1 rings (SSSR count). The van der Waals surface area contributed by atoms with Crippen molar-refractivity contribution in [3.05, 3.63) is 0 Å². The SMILES string of the molecule is COCCNC(=O)C(C)NC1CCN(C)C1=O. The number of hydrogen-bond acceptors (Lipinski definition) is 4. The number of carbonyl (C=O) groups is 2. The number of methoxy groups -OCH3 is 1. The highest BCUT2D eigenvalue weighted by atomic mass is 16.5. The number of nitrogens with one attached hydrogen (secondary N) is 2. The van der Waals surface area contributed by atoms with E-state index in [9.17, 15) is 9.59 Å². The predicted octanol–water partition coefficient (Wildman–Crippen LogP) is -1.04. The average Bonchev–Trinajstić information content (AvgIpc) is 2.61. The Kier molecular flexibility index (Phi) is 5.37. The van der Waals surface area contributed by atoms with E-state index in [1.807, 2.05) is 0 Å². The second-order valence-electron chi connectivity index (χ2n) is 4.27. The number of likely N-dealkylation sites (N-methyl/N-ethyl adjacent to an activating group) is 1. The van der Waals surface area contributed by atoms with E-state index in [4.69, 9.17) is 4.74 Å². The molecule has 0 aromatic carbocycles. The minimum atomic E-state index is -0.368. The normalized spacial score (nSPS) is 21.7. The molecule has 6 heteroatoms. The fourth-order valence-corrected chi connectivity index (χ4v) is 1.78. The zero-order chi connectivity index (χ0) is 12.8. The Bertz CT molecular complexity index is 283. The monoisotopic (exact) mass is 243 g/mol. The topological polar surface area (TPSA) is 70.7 Å². The van der Waals surface area contributed by atoms with Crippen LogP contribution in [-0.2, 0) is 14.3 Å². The van der Waals surface area contributed by atoms with Crippen LogP contribution in [0.5, 0.6) is 0 Å². The standard InChI is InChI=1S/C11H21N3O3/c1-8(10(15)12-5-7-17-3)13-9-4-6-14(2)11(9)16/h8-9,13H,4-7H2,1-3H3,(H,12,15). The van der Waals surface area contributed by atoms with Crippen molar-refractivity contribution in [3.63, 3.8) is 0 Å². The fourth-order valence-electron chi connectivity index (χ4n) is 1.78. The lowest BCUT2D eigenvalue weighted by atomic mass is 10.2. The number of hydrogen-bond donors (Lipinski definition) is 2. The van der Waals surface area contributed by atoms with Gasteiger partial charge >= 0.3 is 0 Å². The van der Waals surface area contributed by atoms with Crippen LogP contribution in [0.1, 0.15) is 13.3 Å². The van der Waals surface area contributed by atoms with Crippen LogP contribution >= 0.6 is 0 Å². The van der Waals surface area contributed by atoms with Crippen LogP contribution in [0.3, 0.4) is 0 Å². The molecule has 0 aromatic rings. The van der Waals surface area contributed by atoms with Crippen molar-refractivity contribution in [3.8, 4) is 0 Å². The van der Waals surface area contributed by atoms with Gasteiger partial charge in [-0.2, -0.15) is 0 Å². The van der Waals surface area contributed by atoms with Gasteiger partial charge in [0.05, 0.1) is 18.7 Å².